The summed E-state index contributed by atoms with van der Waals surface area (Å²) < 4.78 is 38.0. The Kier molecular flexibility index (Phi) is 4.71. The third-order valence-electron chi connectivity index (χ3n) is 4.15. The van der Waals surface area contributed by atoms with E-state index < -0.39 is 10.0 Å². The van der Waals surface area contributed by atoms with E-state index in [1.54, 1.807) is 0 Å². The first-order chi connectivity index (χ1) is 11.5. The molecule has 128 valence electrons. The van der Waals surface area contributed by atoms with Crippen LogP contribution in [0.5, 0.6) is 11.5 Å². The van der Waals surface area contributed by atoms with E-state index in [-0.39, 0.29) is 10.6 Å². The van der Waals surface area contributed by atoms with Crippen LogP contribution in [0.3, 0.4) is 0 Å². The van der Waals surface area contributed by atoms with E-state index >= 15 is 0 Å². The fourth-order valence-corrected chi connectivity index (χ4v) is 4.65. The summed E-state index contributed by atoms with van der Waals surface area (Å²) in [5.41, 5.74) is 2.21. The fraction of sp³-hybridized carbons (Fsp3) is 0.294. The van der Waals surface area contributed by atoms with Crippen molar-refractivity contribution in [1.29, 1.82) is 0 Å². The molecule has 0 bridgehead atoms. The summed E-state index contributed by atoms with van der Waals surface area (Å²) in [5, 5.41) is 0.303. The van der Waals surface area contributed by atoms with Gasteiger partial charge in [0.05, 0.1) is 19.2 Å². The quantitative estimate of drug-likeness (QED) is 0.833. The Morgan fingerprint density at radius 3 is 2.38 bits per heavy atom. The molecule has 5 nitrogen and oxygen atoms in total. The van der Waals surface area contributed by atoms with Crippen molar-refractivity contribution in [3.05, 3.63) is 52.5 Å². The Morgan fingerprint density at radius 1 is 1.04 bits per heavy atom. The molecular formula is C17H18ClNO4S. The maximum atomic E-state index is 13.1. The Hall–Kier alpha value is -1.76. The second-order valence-electron chi connectivity index (χ2n) is 5.49. The van der Waals surface area contributed by atoms with Crippen LogP contribution in [0.4, 0.5) is 0 Å². The van der Waals surface area contributed by atoms with Gasteiger partial charge in [0.1, 0.15) is 16.4 Å². The topological polar surface area (TPSA) is 55.8 Å². The van der Waals surface area contributed by atoms with E-state index in [1.807, 2.05) is 24.3 Å². The lowest BCUT2D eigenvalue weighted by Gasteiger charge is -2.28. The van der Waals surface area contributed by atoms with E-state index in [0.29, 0.717) is 30.3 Å². The molecule has 0 unspecified atom stereocenters. The van der Waals surface area contributed by atoms with E-state index in [9.17, 15) is 8.42 Å². The van der Waals surface area contributed by atoms with Gasteiger partial charge in [-0.15, -0.1) is 0 Å². The number of rotatable bonds is 4. The highest BCUT2D eigenvalue weighted by Gasteiger charge is 2.31. The first kappa shape index (κ1) is 17.1. The second-order valence-corrected chi connectivity index (χ2v) is 7.81. The highest BCUT2D eigenvalue weighted by Crippen LogP contribution is 2.37. The van der Waals surface area contributed by atoms with E-state index in [4.69, 9.17) is 21.1 Å². The highest BCUT2D eigenvalue weighted by molar-refractivity contribution is 7.89. The van der Waals surface area contributed by atoms with E-state index in [0.717, 1.165) is 5.56 Å². The van der Waals surface area contributed by atoms with Crippen LogP contribution in [0.1, 0.15) is 11.1 Å². The lowest BCUT2D eigenvalue weighted by atomic mass is 10.0. The summed E-state index contributed by atoms with van der Waals surface area (Å²) in [7, 11) is -0.862. The van der Waals surface area contributed by atoms with Crippen LogP contribution in [-0.4, -0.2) is 33.5 Å². The molecule has 1 aliphatic rings. The van der Waals surface area contributed by atoms with Crippen LogP contribution in [0.15, 0.2) is 41.3 Å². The van der Waals surface area contributed by atoms with Crippen LogP contribution in [0, 0.1) is 0 Å². The number of halogens is 1. The molecule has 0 fully saturated rings. The number of hydrogen-bond acceptors (Lipinski definition) is 4. The summed E-state index contributed by atoms with van der Waals surface area (Å²) in [4.78, 5) is 0.0608. The van der Waals surface area contributed by atoms with Crippen molar-refractivity contribution in [3.63, 3.8) is 0 Å². The number of nitrogens with zero attached hydrogens (tertiary/aromatic N) is 1. The summed E-state index contributed by atoms with van der Waals surface area (Å²) in [5.74, 6) is 0.508. The van der Waals surface area contributed by atoms with Gasteiger partial charge < -0.3 is 9.47 Å². The van der Waals surface area contributed by atoms with Gasteiger partial charge >= 0.3 is 0 Å². The molecule has 0 saturated carbocycles. The Labute approximate surface area is 146 Å². The molecule has 0 spiro atoms. The van der Waals surface area contributed by atoms with Crippen molar-refractivity contribution >= 4 is 21.6 Å². The number of hydrogen-bond donors (Lipinski definition) is 0. The lowest BCUT2D eigenvalue weighted by molar-refractivity contribution is 0.373. The van der Waals surface area contributed by atoms with Gasteiger partial charge in [0.25, 0.3) is 0 Å². The largest absolute Gasteiger partial charge is 0.495 e. The van der Waals surface area contributed by atoms with Crippen molar-refractivity contribution in [2.75, 3.05) is 20.8 Å². The summed E-state index contributed by atoms with van der Waals surface area (Å²) >= 11 is 6.07. The van der Waals surface area contributed by atoms with Gasteiger partial charge in [-0.3, -0.25) is 0 Å². The predicted molar refractivity (Wildman–Crippen MR) is 92.3 cm³/mol. The zero-order valence-corrected chi connectivity index (χ0v) is 15.0. The Bertz CT molecular complexity index is 867. The van der Waals surface area contributed by atoms with Crippen LogP contribution >= 0.6 is 11.6 Å². The molecule has 0 atom stereocenters. The Morgan fingerprint density at radius 2 is 1.71 bits per heavy atom. The van der Waals surface area contributed by atoms with Crippen molar-refractivity contribution < 1.29 is 17.9 Å². The molecular weight excluding hydrogens is 350 g/mol. The van der Waals surface area contributed by atoms with Gasteiger partial charge in [0.2, 0.25) is 10.0 Å². The van der Waals surface area contributed by atoms with Gasteiger partial charge in [-0.2, -0.15) is 4.31 Å². The predicted octanol–water partition coefficient (Wildman–Crippen LogP) is 3.10. The van der Waals surface area contributed by atoms with Crippen LogP contribution in [0.25, 0.3) is 0 Å². The molecule has 0 N–H and O–H groups in total. The lowest BCUT2D eigenvalue weighted by Crippen LogP contribution is -2.36. The minimum atomic E-state index is -3.73. The van der Waals surface area contributed by atoms with Crippen molar-refractivity contribution in [3.8, 4) is 11.5 Å². The molecule has 2 aromatic carbocycles. The maximum Gasteiger partial charge on any atom is 0.247 e. The average Bonchev–Trinajstić information content (AvgIpc) is 2.60. The number of benzene rings is 2. The number of ether oxygens (including phenoxy) is 2. The summed E-state index contributed by atoms with van der Waals surface area (Å²) in [6.07, 6.45) is 0.683. The number of methoxy groups -OCH3 is 2. The second kappa shape index (κ2) is 6.63. The van der Waals surface area contributed by atoms with Crippen LogP contribution in [-0.2, 0) is 23.0 Å². The molecule has 2 aromatic rings. The van der Waals surface area contributed by atoms with Crippen LogP contribution < -0.4 is 9.47 Å². The van der Waals surface area contributed by atoms with Gasteiger partial charge in [-0.05, 0) is 17.5 Å². The van der Waals surface area contributed by atoms with Crippen molar-refractivity contribution in [1.82, 2.24) is 4.31 Å². The van der Waals surface area contributed by atoms with Gasteiger partial charge in [0, 0.05) is 25.2 Å². The van der Waals surface area contributed by atoms with E-state index in [2.05, 4.69) is 0 Å². The van der Waals surface area contributed by atoms with E-state index in [1.165, 1.54) is 36.2 Å². The molecule has 7 heteroatoms. The molecule has 24 heavy (non-hydrogen) atoms. The van der Waals surface area contributed by atoms with Gasteiger partial charge in [-0.1, -0.05) is 35.9 Å². The first-order valence-corrected chi connectivity index (χ1v) is 9.27. The molecule has 0 aromatic heterocycles. The first-order valence-electron chi connectivity index (χ1n) is 7.46. The van der Waals surface area contributed by atoms with Gasteiger partial charge in [-0.25, -0.2) is 8.42 Å². The van der Waals surface area contributed by atoms with Crippen molar-refractivity contribution in [2.45, 2.75) is 17.9 Å². The third-order valence-corrected chi connectivity index (χ3v) is 6.31. The molecule has 1 heterocycles. The summed E-state index contributed by atoms with van der Waals surface area (Å²) in [6, 6.07) is 10.8. The fourth-order valence-electron chi connectivity index (χ4n) is 2.85. The number of fused-ring (bicyclic) bond motifs is 1. The van der Waals surface area contributed by atoms with Crippen molar-refractivity contribution in [2.24, 2.45) is 0 Å². The smallest absolute Gasteiger partial charge is 0.247 e. The average molecular weight is 368 g/mol. The number of sulfonamides is 1. The standard InChI is InChI=1S/C17H18ClNO4S/c1-22-15-10-17(16(23-2)9-14(15)18)24(20,21)19-8-7-12-5-3-4-6-13(12)11-19/h3-6,9-10H,7-8,11H2,1-2H3. The SMILES string of the molecule is COc1cc(S(=O)(=O)N2CCc3ccccc3C2)c(OC)cc1Cl. The zero-order chi connectivity index (χ0) is 17.3. The minimum absolute atomic E-state index is 0.0608. The summed E-state index contributed by atoms with van der Waals surface area (Å²) in [6.45, 7) is 0.764. The molecule has 0 radical (unpaired) electrons. The molecule has 0 saturated heterocycles. The zero-order valence-electron chi connectivity index (χ0n) is 13.5. The van der Waals surface area contributed by atoms with Crippen LogP contribution in [0.2, 0.25) is 5.02 Å². The third kappa shape index (κ3) is 2.97. The minimum Gasteiger partial charge on any atom is -0.495 e. The molecule has 0 aliphatic carbocycles. The molecule has 1 aliphatic heterocycles. The maximum absolute atomic E-state index is 13.1. The Balaban J connectivity index is 2.03. The molecule has 0 amide bonds. The molecule has 3 rings (SSSR count). The highest BCUT2D eigenvalue weighted by atomic mass is 35.5. The normalized spacial score (nSPS) is 15.0. The monoisotopic (exact) mass is 367 g/mol. The van der Waals surface area contributed by atoms with Gasteiger partial charge in [0.15, 0.2) is 0 Å².